The second-order valence-corrected chi connectivity index (χ2v) is 9.74. The van der Waals surface area contributed by atoms with Gasteiger partial charge in [-0.05, 0) is 48.8 Å². The number of amides is 1. The molecule has 1 rings (SSSR count). The van der Waals surface area contributed by atoms with Gasteiger partial charge in [-0.2, -0.15) is 0 Å². The second-order valence-electron chi connectivity index (χ2n) is 8.39. The fraction of sp³-hybridized carbons (Fsp3) is 0.565. The number of hydrogen-bond acceptors (Lipinski definition) is 3. The van der Waals surface area contributed by atoms with E-state index >= 15 is 0 Å². The normalized spacial score (nSPS) is 13.9. The van der Waals surface area contributed by atoms with Crippen LogP contribution in [0, 0.1) is 29.4 Å². The molecule has 0 N–H and O–H groups in total. The lowest BCUT2D eigenvalue weighted by molar-refractivity contribution is -0.127. The van der Waals surface area contributed by atoms with Gasteiger partial charge in [-0.3, -0.25) is 9.59 Å². The lowest BCUT2D eigenvalue weighted by atomic mass is 9.98. The van der Waals surface area contributed by atoms with Crippen LogP contribution in [0.1, 0.15) is 59.9 Å². The summed E-state index contributed by atoms with van der Waals surface area (Å²) in [7, 11) is 0. The predicted molar refractivity (Wildman–Crippen MR) is 117 cm³/mol. The highest BCUT2D eigenvalue weighted by Crippen LogP contribution is 2.27. The van der Waals surface area contributed by atoms with Crippen molar-refractivity contribution in [3.8, 4) is 0 Å². The van der Waals surface area contributed by atoms with E-state index in [4.69, 9.17) is 0 Å². The molecule has 0 heterocycles. The van der Waals surface area contributed by atoms with Crippen LogP contribution in [0.2, 0.25) is 0 Å². The molecule has 3 nitrogen and oxygen atoms in total. The summed E-state index contributed by atoms with van der Waals surface area (Å²) < 4.78 is 27.8. The van der Waals surface area contributed by atoms with Gasteiger partial charge in [-0.25, -0.2) is 8.78 Å². The molecule has 2 atom stereocenters. The molecule has 6 heteroatoms. The number of hydrogen-bond donors (Lipinski definition) is 0. The number of carbonyl (C=O) groups excluding carboxylic acids is 2. The Balaban J connectivity index is 3.16. The standard InChI is InChI=1S/C23H33F2NO2S/c1-15(2)12-17(5)14-26(23(13-16(3)4)29-18(6)27)22(28)11-10-19-20(24)8-7-9-21(19)25/h7-11,15-17,23H,12-14H2,1-6H3/b11-10+/t17-,23+/m0/s1. The van der Waals surface area contributed by atoms with Gasteiger partial charge in [-0.1, -0.05) is 52.4 Å². The molecular formula is C23H33F2NO2S. The Morgan fingerprint density at radius 1 is 1.03 bits per heavy atom. The van der Waals surface area contributed by atoms with Gasteiger partial charge < -0.3 is 4.90 Å². The fourth-order valence-electron chi connectivity index (χ4n) is 3.32. The highest BCUT2D eigenvalue weighted by Gasteiger charge is 2.27. The largest absolute Gasteiger partial charge is 0.326 e. The number of benzene rings is 1. The maximum Gasteiger partial charge on any atom is 0.247 e. The van der Waals surface area contributed by atoms with Crippen molar-refractivity contribution < 1.29 is 18.4 Å². The van der Waals surface area contributed by atoms with Crippen LogP contribution >= 0.6 is 11.8 Å². The summed E-state index contributed by atoms with van der Waals surface area (Å²) in [5.41, 5.74) is -0.240. The first-order chi connectivity index (χ1) is 13.5. The van der Waals surface area contributed by atoms with Gasteiger partial charge in [0.25, 0.3) is 0 Å². The van der Waals surface area contributed by atoms with Crippen molar-refractivity contribution in [3.63, 3.8) is 0 Å². The van der Waals surface area contributed by atoms with Crippen molar-refractivity contribution in [3.05, 3.63) is 41.5 Å². The van der Waals surface area contributed by atoms with E-state index in [1.807, 2.05) is 13.8 Å². The molecule has 0 unspecified atom stereocenters. The molecule has 0 aliphatic rings. The smallest absolute Gasteiger partial charge is 0.247 e. The Morgan fingerprint density at radius 3 is 2.07 bits per heavy atom. The molecule has 0 radical (unpaired) electrons. The third-order valence-corrected chi connectivity index (χ3v) is 5.43. The number of rotatable bonds is 10. The van der Waals surface area contributed by atoms with E-state index in [1.165, 1.54) is 25.1 Å². The average Bonchev–Trinajstić information content (AvgIpc) is 2.57. The first-order valence-electron chi connectivity index (χ1n) is 10.1. The van der Waals surface area contributed by atoms with E-state index in [0.29, 0.717) is 18.9 Å². The minimum absolute atomic E-state index is 0.0610. The first-order valence-corrected chi connectivity index (χ1v) is 11.0. The molecule has 29 heavy (non-hydrogen) atoms. The zero-order valence-electron chi connectivity index (χ0n) is 18.2. The lowest BCUT2D eigenvalue weighted by Gasteiger charge is -2.33. The Kier molecular flexibility index (Phi) is 10.6. The van der Waals surface area contributed by atoms with Crippen LogP contribution in [0.25, 0.3) is 6.08 Å². The highest BCUT2D eigenvalue weighted by atomic mass is 32.2. The summed E-state index contributed by atoms with van der Waals surface area (Å²) in [6.07, 6.45) is 3.98. The van der Waals surface area contributed by atoms with Crippen molar-refractivity contribution in [2.45, 2.75) is 59.8 Å². The molecule has 0 aliphatic carbocycles. The molecular weight excluding hydrogens is 392 g/mol. The van der Waals surface area contributed by atoms with Crippen LogP contribution in [0.5, 0.6) is 0 Å². The van der Waals surface area contributed by atoms with Gasteiger partial charge in [0.1, 0.15) is 11.6 Å². The number of carbonyl (C=O) groups is 2. The van der Waals surface area contributed by atoms with Crippen molar-refractivity contribution in [2.75, 3.05) is 6.54 Å². The minimum Gasteiger partial charge on any atom is -0.326 e. The van der Waals surface area contributed by atoms with Gasteiger partial charge in [-0.15, -0.1) is 0 Å². The Labute approximate surface area is 177 Å². The van der Waals surface area contributed by atoms with Crippen LogP contribution in [0.3, 0.4) is 0 Å². The van der Waals surface area contributed by atoms with Crippen molar-refractivity contribution in [1.82, 2.24) is 4.90 Å². The summed E-state index contributed by atoms with van der Waals surface area (Å²) in [5.74, 6) is -0.775. The predicted octanol–water partition coefficient (Wildman–Crippen LogP) is 6.14. The van der Waals surface area contributed by atoms with Crippen LogP contribution < -0.4 is 0 Å². The third kappa shape index (κ3) is 9.11. The van der Waals surface area contributed by atoms with Crippen LogP contribution in [0.4, 0.5) is 8.78 Å². The van der Waals surface area contributed by atoms with Gasteiger partial charge in [0.05, 0.1) is 5.37 Å². The van der Waals surface area contributed by atoms with E-state index < -0.39 is 11.6 Å². The maximum atomic E-state index is 13.9. The summed E-state index contributed by atoms with van der Waals surface area (Å²) >= 11 is 1.14. The van der Waals surface area contributed by atoms with Gasteiger partial charge >= 0.3 is 0 Å². The molecule has 162 valence electrons. The first kappa shape index (κ1) is 25.3. The number of halogens is 2. The highest BCUT2D eigenvalue weighted by molar-refractivity contribution is 8.14. The molecule has 1 amide bonds. The van der Waals surface area contributed by atoms with E-state index in [1.54, 1.807) is 4.90 Å². The number of thioether (sulfide) groups is 1. The quantitative estimate of drug-likeness (QED) is 0.334. The van der Waals surface area contributed by atoms with Crippen molar-refractivity contribution in [1.29, 1.82) is 0 Å². The molecule has 0 spiro atoms. The lowest BCUT2D eigenvalue weighted by Crippen LogP contribution is -2.41. The maximum absolute atomic E-state index is 13.9. The monoisotopic (exact) mass is 425 g/mol. The Bertz CT molecular complexity index is 699. The molecule has 0 aromatic heterocycles. The summed E-state index contributed by atoms with van der Waals surface area (Å²) in [4.78, 5) is 26.5. The Morgan fingerprint density at radius 2 is 1.59 bits per heavy atom. The summed E-state index contributed by atoms with van der Waals surface area (Å²) in [6, 6.07) is 3.59. The molecule has 0 bridgehead atoms. The molecule has 0 saturated carbocycles. The van der Waals surface area contributed by atoms with E-state index in [2.05, 4.69) is 20.8 Å². The van der Waals surface area contributed by atoms with Gasteiger partial charge in [0, 0.05) is 25.1 Å². The second kappa shape index (κ2) is 12.1. The van der Waals surface area contributed by atoms with Crippen LogP contribution in [-0.2, 0) is 9.59 Å². The summed E-state index contributed by atoms with van der Waals surface area (Å²) in [6.45, 7) is 12.4. The minimum atomic E-state index is -0.717. The molecule has 0 aliphatic heterocycles. The van der Waals surface area contributed by atoms with Crippen molar-refractivity contribution >= 4 is 28.9 Å². The molecule has 1 aromatic carbocycles. The zero-order chi connectivity index (χ0) is 22.1. The topological polar surface area (TPSA) is 37.4 Å². The zero-order valence-corrected chi connectivity index (χ0v) is 19.1. The molecule has 1 aromatic rings. The average molecular weight is 426 g/mol. The third-order valence-electron chi connectivity index (χ3n) is 4.38. The number of nitrogens with zero attached hydrogens (tertiary/aromatic N) is 1. The van der Waals surface area contributed by atoms with Crippen molar-refractivity contribution in [2.24, 2.45) is 17.8 Å². The SMILES string of the molecule is CC(=O)S[C@H](CC(C)C)N(C[C@@H](C)CC(C)C)C(=O)/C=C/c1c(F)cccc1F. The van der Waals surface area contributed by atoms with Gasteiger partial charge in [0.2, 0.25) is 5.91 Å². The van der Waals surface area contributed by atoms with Gasteiger partial charge in [0.15, 0.2) is 5.12 Å². The van der Waals surface area contributed by atoms with E-state index in [0.717, 1.165) is 30.3 Å². The van der Waals surface area contributed by atoms with E-state index in [9.17, 15) is 18.4 Å². The summed E-state index contributed by atoms with van der Waals surface area (Å²) in [5, 5.41) is -0.376. The van der Waals surface area contributed by atoms with E-state index in [-0.39, 0.29) is 33.8 Å². The van der Waals surface area contributed by atoms with Crippen LogP contribution in [0.15, 0.2) is 24.3 Å². The molecule has 0 saturated heterocycles. The fourth-order valence-corrected chi connectivity index (χ4v) is 4.50. The molecule has 0 fully saturated rings. The Hall–Kier alpha value is -1.69. The van der Waals surface area contributed by atoms with Crippen LogP contribution in [-0.4, -0.2) is 27.8 Å².